The SMILES string of the molecule is NCCOCCOCCN(C=O)CC(=O)O. The third kappa shape index (κ3) is 9.38. The van der Waals surface area contributed by atoms with Crippen molar-refractivity contribution in [2.45, 2.75) is 0 Å². The van der Waals surface area contributed by atoms with Gasteiger partial charge in [-0.3, -0.25) is 9.59 Å². The number of carbonyl (C=O) groups is 2. The molecular weight excluding hydrogens is 216 g/mol. The molecule has 0 aromatic rings. The zero-order chi connectivity index (χ0) is 12.2. The summed E-state index contributed by atoms with van der Waals surface area (Å²) in [6.45, 7) is 2.04. The van der Waals surface area contributed by atoms with Crippen LogP contribution in [0, 0.1) is 0 Å². The summed E-state index contributed by atoms with van der Waals surface area (Å²) >= 11 is 0. The number of aliphatic carboxylic acids is 1. The Kier molecular flexibility index (Phi) is 9.58. The third-order valence-electron chi connectivity index (χ3n) is 1.64. The first kappa shape index (κ1) is 14.8. The third-order valence-corrected chi connectivity index (χ3v) is 1.64. The molecule has 0 rings (SSSR count). The summed E-state index contributed by atoms with van der Waals surface area (Å²) in [5.74, 6) is -1.04. The van der Waals surface area contributed by atoms with Gasteiger partial charge in [0.25, 0.3) is 0 Å². The van der Waals surface area contributed by atoms with Crippen LogP contribution in [0.3, 0.4) is 0 Å². The van der Waals surface area contributed by atoms with Crippen molar-refractivity contribution in [3.63, 3.8) is 0 Å². The lowest BCUT2D eigenvalue weighted by molar-refractivity contribution is -0.141. The van der Waals surface area contributed by atoms with Gasteiger partial charge >= 0.3 is 5.97 Å². The summed E-state index contributed by atoms with van der Waals surface area (Å²) < 4.78 is 10.2. The number of carboxylic acid groups (broad SMARTS) is 1. The molecular formula is C9H18N2O5. The molecule has 16 heavy (non-hydrogen) atoms. The quantitative estimate of drug-likeness (QED) is 0.334. The van der Waals surface area contributed by atoms with Gasteiger partial charge in [-0.25, -0.2) is 0 Å². The van der Waals surface area contributed by atoms with Gasteiger partial charge in [-0.15, -0.1) is 0 Å². The molecule has 0 bridgehead atoms. The first-order valence-electron chi connectivity index (χ1n) is 4.97. The van der Waals surface area contributed by atoms with Crippen LogP contribution in [0.4, 0.5) is 0 Å². The van der Waals surface area contributed by atoms with Crippen molar-refractivity contribution in [2.24, 2.45) is 5.73 Å². The van der Waals surface area contributed by atoms with Crippen molar-refractivity contribution in [1.29, 1.82) is 0 Å². The highest BCUT2D eigenvalue weighted by atomic mass is 16.5. The molecule has 0 heterocycles. The molecule has 3 N–H and O–H groups in total. The Balaban J connectivity index is 3.34. The maximum Gasteiger partial charge on any atom is 0.323 e. The van der Waals surface area contributed by atoms with Crippen LogP contribution in [0.1, 0.15) is 0 Å². The van der Waals surface area contributed by atoms with E-state index in [0.29, 0.717) is 32.8 Å². The van der Waals surface area contributed by atoms with Crippen molar-refractivity contribution in [1.82, 2.24) is 4.90 Å². The molecule has 0 saturated carbocycles. The number of amides is 1. The molecule has 1 amide bonds. The fraction of sp³-hybridized carbons (Fsp3) is 0.778. The molecule has 0 saturated heterocycles. The lowest BCUT2D eigenvalue weighted by atomic mass is 10.5. The number of rotatable bonds is 11. The van der Waals surface area contributed by atoms with E-state index in [0.717, 1.165) is 4.90 Å². The summed E-state index contributed by atoms with van der Waals surface area (Å²) in [6, 6.07) is 0. The minimum atomic E-state index is -1.04. The summed E-state index contributed by atoms with van der Waals surface area (Å²) in [5.41, 5.74) is 5.21. The van der Waals surface area contributed by atoms with E-state index in [1.807, 2.05) is 0 Å². The van der Waals surface area contributed by atoms with Crippen LogP contribution in [-0.2, 0) is 19.1 Å². The second-order valence-electron chi connectivity index (χ2n) is 2.98. The summed E-state index contributed by atoms with van der Waals surface area (Å²) in [7, 11) is 0. The van der Waals surface area contributed by atoms with Gasteiger partial charge in [0.1, 0.15) is 6.54 Å². The molecule has 94 valence electrons. The predicted molar refractivity (Wildman–Crippen MR) is 56.0 cm³/mol. The Morgan fingerprint density at radius 3 is 2.38 bits per heavy atom. The zero-order valence-electron chi connectivity index (χ0n) is 9.13. The van der Waals surface area contributed by atoms with Crippen molar-refractivity contribution >= 4 is 12.4 Å². The molecule has 0 atom stereocenters. The van der Waals surface area contributed by atoms with Crippen LogP contribution in [0.25, 0.3) is 0 Å². The largest absolute Gasteiger partial charge is 0.480 e. The lowest BCUT2D eigenvalue weighted by Gasteiger charge is -2.14. The van der Waals surface area contributed by atoms with Crippen LogP contribution < -0.4 is 5.73 Å². The predicted octanol–water partition coefficient (Wildman–Crippen LogP) is -1.48. The molecule has 0 aliphatic rings. The van der Waals surface area contributed by atoms with Crippen LogP contribution in [-0.4, -0.2) is 68.4 Å². The molecule has 0 radical (unpaired) electrons. The lowest BCUT2D eigenvalue weighted by Crippen LogP contribution is -2.31. The van der Waals surface area contributed by atoms with E-state index in [2.05, 4.69) is 0 Å². The standard InChI is InChI=1S/C9H18N2O5/c10-1-3-15-5-6-16-4-2-11(8-12)7-9(13)14/h8H,1-7,10H2,(H,13,14). The summed E-state index contributed by atoms with van der Waals surface area (Å²) in [6.07, 6.45) is 0.488. The van der Waals surface area contributed by atoms with Crippen molar-refractivity contribution in [2.75, 3.05) is 46.1 Å². The molecule has 0 fully saturated rings. The van der Waals surface area contributed by atoms with Gasteiger partial charge in [-0.2, -0.15) is 0 Å². The van der Waals surface area contributed by atoms with E-state index in [9.17, 15) is 9.59 Å². The van der Waals surface area contributed by atoms with E-state index >= 15 is 0 Å². The Morgan fingerprint density at radius 2 is 1.88 bits per heavy atom. The number of nitrogens with two attached hydrogens (primary N) is 1. The van der Waals surface area contributed by atoms with E-state index < -0.39 is 5.97 Å². The fourth-order valence-electron chi connectivity index (χ4n) is 0.930. The highest BCUT2D eigenvalue weighted by molar-refractivity contribution is 5.71. The average Bonchev–Trinajstić information content (AvgIpc) is 2.25. The number of carboxylic acids is 1. The van der Waals surface area contributed by atoms with Gasteiger partial charge in [-0.05, 0) is 0 Å². The highest BCUT2D eigenvalue weighted by Crippen LogP contribution is 1.85. The number of carbonyl (C=O) groups excluding carboxylic acids is 1. The second-order valence-corrected chi connectivity index (χ2v) is 2.98. The second kappa shape index (κ2) is 10.3. The number of nitrogens with zero attached hydrogens (tertiary/aromatic N) is 1. The van der Waals surface area contributed by atoms with Gasteiger partial charge in [0, 0.05) is 13.1 Å². The molecule has 0 unspecified atom stereocenters. The van der Waals surface area contributed by atoms with Crippen LogP contribution in [0.5, 0.6) is 0 Å². The van der Waals surface area contributed by atoms with Gasteiger partial charge in [-0.1, -0.05) is 0 Å². The summed E-state index contributed by atoms with van der Waals surface area (Å²) in [4.78, 5) is 21.8. The van der Waals surface area contributed by atoms with E-state index in [1.54, 1.807) is 0 Å². The van der Waals surface area contributed by atoms with E-state index in [4.69, 9.17) is 20.3 Å². The summed E-state index contributed by atoms with van der Waals surface area (Å²) in [5, 5.41) is 8.44. The first-order chi connectivity index (χ1) is 7.70. The Morgan fingerprint density at radius 1 is 1.25 bits per heavy atom. The van der Waals surface area contributed by atoms with E-state index in [1.165, 1.54) is 0 Å². The number of hydrogen-bond acceptors (Lipinski definition) is 5. The first-order valence-corrected chi connectivity index (χ1v) is 4.97. The molecule has 0 aliphatic carbocycles. The van der Waals surface area contributed by atoms with Crippen LogP contribution in [0.2, 0.25) is 0 Å². The van der Waals surface area contributed by atoms with Crippen LogP contribution >= 0.6 is 0 Å². The fourth-order valence-corrected chi connectivity index (χ4v) is 0.930. The maximum absolute atomic E-state index is 10.4. The number of hydrogen-bond donors (Lipinski definition) is 2. The van der Waals surface area contributed by atoms with Crippen molar-refractivity contribution < 1.29 is 24.2 Å². The van der Waals surface area contributed by atoms with E-state index in [-0.39, 0.29) is 19.7 Å². The van der Waals surface area contributed by atoms with Crippen LogP contribution in [0.15, 0.2) is 0 Å². The topological polar surface area (TPSA) is 102 Å². The van der Waals surface area contributed by atoms with Gasteiger partial charge < -0.3 is 25.2 Å². The van der Waals surface area contributed by atoms with Crippen molar-refractivity contribution in [3.05, 3.63) is 0 Å². The molecule has 0 aromatic heterocycles. The molecule has 0 aliphatic heterocycles. The monoisotopic (exact) mass is 234 g/mol. The highest BCUT2D eigenvalue weighted by Gasteiger charge is 2.05. The van der Waals surface area contributed by atoms with Gasteiger partial charge in [0.15, 0.2) is 0 Å². The van der Waals surface area contributed by atoms with Gasteiger partial charge in [0.2, 0.25) is 6.41 Å². The normalized spacial score (nSPS) is 10.1. The Hall–Kier alpha value is -1.18. The molecule has 0 spiro atoms. The Bertz CT molecular complexity index is 200. The average molecular weight is 234 g/mol. The van der Waals surface area contributed by atoms with Gasteiger partial charge in [0.05, 0.1) is 26.4 Å². The number of ether oxygens (including phenoxy) is 2. The Labute approximate surface area is 94.1 Å². The smallest absolute Gasteiger partial charge is 0.323 e. The minimum absolute atomic E-state index is 0.257. The van der Waals surface area contributed by atoms with Crippen molar-refractivity contribution in [3.8, 4) is 0 Å². The minimum Gasteiger partial charge on any atom is -0.480 e. The maximum atomic E-state index is 10.4. The molecule has 7 heteroatoms. The zero-order valence-corrected chi connectivity index (χ0v) is 9.13. The molecule has 7 nitrogen and oxygen atoms in total. The molecule has 0 aromatic carbocycles.